The molecule has 0 aromatic carbocycles. The van der Waals surface area contributed by atoms with Gasteiger partial charge in [0.25, 0.3) is 0 Å². The van der Waals surface area contributed by atoms with Gasteiger partial charge in [0.15, 0.2) is 0 Å². The molecule has 1 heterocycles. The van der Waals surface area contributed by atoms with E-state index in [0.29, 0.717) is 0 Å². The first kappa shape index (κ1) is 11.4. The zero-order chi connectivity index (χ0) is 11.4. The molecule has 0 fully saturated rings. The maximum absolute atomic E-state index is 11.7. The molecule has 0 atom stereocenters. The van der Waals surface area contributed by atoms with Gasteiger partial charge in [-0.15, -0.1) is 0 Å². The number of allylic oxidation sites excluding steroid dienone is 2. The second kappa shape index (κ2) is 5.33. The lowest BCUT2D eigenvalue weighted by atomic mass is 10.0. The molecule has 0 N–H and O–H groups in total. The highest BCUT2D eigenvalue weighted by atomic mass is 16.5. The summed E-state index contributed by atoms with van der Waals surface area (Å²) in [4.78, 5) is 11.7. The van der Waals surface area contributed by atoms with Crippen molar-refractivity contribution in [3.63, 3.8) is 0 Å². The Morgan fingerprint density at radius 3 is 2.69 bits per heavy atom. The average Bonchev–Trinajstić information content (AvgIpc) is 2.49. The molecule has 0 aromatic heterocycles. The van der Waals surface area contributed by atoms with Crippen molar-refractivity contribution in [2.75, 3.05) is 0 Å². The van der Waals surface area contributed by atoms with Crippen molar-refractivity contribution in [1.82, 2.24) is 0 Å². The first-order valence-electron chi connectivity index (χ1n) is 6.47. The van der Waals surface area contributed by atoms with Gasteiger partial charge in [0.05, 0.1) is 0 Å². The van der Waals surface area contributed by atoms with E-state index in [1.807, 2.05) is 0 Å². The Kier molecular flexibility index (Phi) is 3.81. The van der Waals surface area contributed by atoms with Crippen LogP contribution in [0, 0.1) is 0 Å². The van der Waals surface area contributed by atoms with Crippen molar-refractivity contribution in [1.29, 1.82) is 0 Å². The molecule has 2 heteroatoms. The standard InChI is InChI=1S/C14H20O2/c1-2-3-5-10-13-11-8-6-4-7-9-12(11)14(15)16-13/h10H,2-9H2,1H3/b13-10-. The van der Waals surface area contributed by atoms with Gasteiger partial charge in [0, 0.05) is 11.1 Å². The minimum absolute atomic E-state index is 0.0837. The van der Waals surface area contributed by atoms with E-state index in [-0.39, 0.29) is 5.97 Å². The third-order valence-electron chi connectivity index (χ3n) is 3.35. The number of unbranched alkanes of at least 4 members (excludes halogenated alkanes) is 2. The Labute approximate surface area is 97.4 Å². The topological polar surface area (TPSA) is 26.3 Å². The van der Waals surface area contributed by atoms with Crippen LogP contribution in [0.25, 0.3) is 0 Å². The SMILES string of the molecule is CCCC/C=C1\OC(=O)C2=C1CCCCC2. The third kappa shape index (κ3) is 2.37. The number of esters is 1. The maximum Gasteiger partial charge on any atom is 0.339 e. The first-order valence-corrected chi connectivity index (χ1v) is 6.47. The summed E-state index contributed by atoms with van der Waals surface area (Å²) < 4.78 is 5.36. The molecule has 0 amide bonds. The van der Waals surface area contributed by atoms with Crippen molar-refractivity contribution in [3.8, 4) is 0 Å². The van der Waals surface area contributed by atoms with Crippen LogP contribution in [0.1, 0.15) is 58.3 Å². The number of hydrogen-bond acceptors (Lipinski definition) is 2. The predicted octanol–water partition coefficient (Wildman–Crippen LogP) is 3.88. The quantitative estimate of drug-likeness (QED) is 0.533. The van der Waals surface area contributed by atoms with E-state index in [2.05, 4.69) is 13.0 Å². The summed E-state index contributed by atoms with van der Waals surface area (Å²) in [6, 6.07) is 0. The average molecular weight is 220 g/mol. The van der Waals surface area contributed by atoms with E-state index in [4.69, 9.17) is 4.74 Å². The largest absolute Gasteiger partial charge is 0.423 e. The normalized spacial score (nSPS) is 23.3. The van der Waals surface area contributed by atoms with E-state index in [1.165, 1.54) is 31.3 Å². The fourth-order valence-electron chi connectivity index (χ4n) is 2.40. The molecule has 16 heavy (non-hydrogen) atoms. The highest BCUT2D eigenvalue weighted by Gasteiger charge is 2.29. The van der Waals surface area contributed by atoms with Gasteiger partial charge in [0.1, 0.15) is 5.76 Å². The van der Waals surface area contributed by atoms with Crippen LogP contribution >= 0.6 is 0 Å². The van der Waals surface area contributed by atoms with Gasteiger partial charge in [-0.2, -0.15) is 0 Å². The van der Waals surface area contributed by atoms with Crippen LogP contribution in [-0.4, -0.2) is 5.97 Å². The number of ether oxygens (including phenoxy) is 1. The molecule has 0 bridgehead atoms. The highest BCUT2D eigenvalue weighted by Crippen LogP contribution is 2.35. The minimum Gasteiger partial charge on any atom is -0.423 e. The van der Waals surface area contributed by atoms with Crippen molar-refractivity contribution in [2.45, 2.75) is 58.3 Å². The van der Waals surface area contributed by atoms with Gasteiger partial charge in [-0.05, 0) is 44.6 Å². The first-order chi connectivity index (χ1) is 7.83. The predicted molar refractivity (Wildman–Crippen MR) is 63.8 cm³/mol. The summed E-state index contributed by atoms with van der Waals surface area (Å²) in [5.41, 5.74) is 2.17. The molecule has 2 rings (SSSR count). The van der Waals surface area contributed by atoms with E-state index < -0.39 is 0 Å². The molecule has 0 saturated carbocycles. The van der Waals surface area contributed by atoms with Gasteiger partial charge in [-0.3, -0.25) is 0 Å². The molecule has 0 aromatic rings. The number of cyclic esters (lactones) is 1. The second-order valence-corrected chi connectivity index (χ2v) is 4.62. The van der Waals surface area contributed by atoms with Crippen LogP contribution in [0.2, 0.25) is 0 Å². The van der Waals surface area contributed by atoms with Crippen molar-refractivity contribution in [3.05, 3.63) is 23.0 Å². The molecule has 2 aliphatic rings. The van der Waals surface area contributed by atoms with Gasteiger partial charge in [-0.25, -0.2) is 4.79 Å². The van der Waals surface area contributed by atoms with Gasteiger partial charge in [-0.1, -0.05) is 19.8 Å². The molecule has 2 nitrogen and oxygen atoms in total. The van der Waals surface area contributed by atoms with Crippen LogP contribution in [-0.2, 0) is 9.53 Å². The number of rotatable bonds is 3. The zero-order valence-electron chi connectivity index (χ0n) is 10.1. The highest BCUT2D eigenvalue weighted by molar-refractivity contribution is 5.94. The van der Waals surface area contributed by atoms with Crippen molar-refractivity contribution in [2.24, 2.45) is 0 Å². The fraction of sp³-hybridized carbons (Fsp3) is 0.643. The molecule has 1 aliphatic heterocycles. The van der Waals surface area contributed by atoms with Gasteiger partial charge < -0.3 is 4.74 Å². The van der Waals surface area contributed by atoms with Crippen molar-refractivity contribution >= 4 is 5.97 Å². The Hall–Kier alpha value is -1.05. The fourth-order valence-corrected chi connectivity index (χ4v) is 2.40. The molecule has 1 aliphatic carbocycles. The lowest BCUT2D eigenvalue weighted by molar-refractivity contribution is -0.133. The summed E-state index contributed by atoms with van der Waals surface area (Å²) in [6.07, 6.45) is 11.0. The summed E-state index contributed by atoms with van der Waals surface area (Å²) in [7, 11) is 0. The van der Waals surface area contributed by atoms with Crippen LogP contribution in [0.4, 0.5) is 0 Å². The van der Waals surface area contributed by atoms with Crippen molar-refractivity contribution < 1.29 is 9.53 Å². The minimum atomic E-state index is -0.0837. The van der Waals surface area contributed by atoms with Crippen LogP contribution in [0.3, 0.4) is 0 Å². The lowest BCUT2D eigenvalue weighted by Crippen LogP contribution is -1.98. The molecular formula is C14H20O2. The number of carbonyl (C=O) groups is 1. The third-order valence-corrected chi connectivity index (χ3v) is 3.35. The van der Waals surface area contributed by atoms with Crippen LogP contribution in [0.5, 0.6) is 0 Å². The van der Waals surface area contributed by atoms with E-state index in [9.17, 15) is 4.79 Å². The van der Waals surface area contributed by atoms with Crippen LogP contribution < -0.4 is 0 Å². The Morgan fingerprint density at radius 2 is 1.94 bits per heavy atom. The summed E-state index contributed by atoms with van der Waals surface area (Å²) >= 11 is 0. The monoisotopic (exact) mass is 220 g/mol. The Balaban J connectivity index is 2.13. The summed E-state index contributed by atoms with van der Waals surface area (Å²) in [5, 5.41) is 0. The molecule has 0 spiro atoms. The molecular weight excluding hydrogens is 200 g/mol. The van der Waals surface area contributed by atoms with E-state index in [1.54, 1.807) is 0 Å². The van der Waals surface area contributed by atoms with Crippen LogP contribution in [0.15, 0.2) is 23.0 Å². The second-order valence-electron chi connectivity index (χ2n) is 4.62. The number of hydrogen-bond donors (Lipinski definition) is 0. The molecule has 88 valence electrons. The Bertz CT molecular complexity index is 337. The summed E-state index contributed by atoms with van der Waals surface area (Å²) in [5.74, 6) is 0.787. The molecule has 0 unspecified atom stereocenters. The van der Waals surface area contributed by atoms with Gasteiger partial charge >= 0.3 is 5.97 Å². The van der Waals surface area contributed by atoms with E-state index in [0.717, 1.165) is 37.0 Å². The smallest absolute Gasteiger partial charge is 0.339 e. The van der Waals surface area contributed by atoms with E-state index >= 15 is 0 Å². The van der Waals surface area contributed by atoms with Gasteiger partial charge in [0.2, 0.25) is 0 Å². The Morgan fingerprint density at radius 1 is 1.19 bits per heavy atom. The number of carbonyl (C=O) groups excluding carboxylic acids is 1. The maximum atomic E-state index is 11.7. The molecule has 0 saturated heterocycles. The lowest BCUT2D eigenvalue weighted by Gasteiger charge is -2.03. The molecule has 0 radical (unpaired) electrons. The zero-order valence-corrected chi connectivity index (χ0v) is 10.1. The summed E-state index contributed by atoms with van der Waals surface area (Å²) in [6.45, 7) is 2.18.